The molecule has 0 amide bonds. The van der Waals surface area contributed by atoms with Gasteiger partial charge in [0.1, 0.15) is 5.65 Å². The van der Waals surface area contributed by atoms with Crippen LogP contribution in [0.15, 0.2) is 47.6 Å². The lowest BCUT2D eigenvalue weighted by Gasteiger charge is -2.06. The molecule has 0 saturated heterocycles. The minimum absolute atomic E-state index is 0.920. The third-order valence-electron chi connectivity index (χ3n) is 4.56. The number of anilines is 1. The van der Waals surface area contributed by atoms with E-state index >= 15 is 0 Å². The van der Waals surface area contributed by atoms with Crippen LogP contribution in [-0.2, 0) is 12.8 Å². The molecule has 4 nitrogen and oxygen atoms in total. The fourth-order valence-electron chi connectivity index (χ4n) is 3.11. The van der Waals surface area contributed by atoms with E-state index in [0.717, 1.165) is 41.6 Å². The predicted octanol–water partition coefficient (Wildman–Crippen LogP) is 4.25. The van der Waals surface area contributed by atoms with Crippen molar-refractivity contribution in [3.8, 4) is 0 Å². The second-order valence-electron chi connectivity index (χ2n) is 6.43. The first-order valence-electron chi connectivity index (χ1n) is 8.66. The molecular weight excluding hydrogens is 328 g/mol. The number of aliphatic imine (C=N–C) groups is 1. The van der Waals surface area contributed by atoms with E-state index < -0.39 is 0 Å². The zero-order chi connectivity index (χ0) is 17.2. The monoisotopic (exact) mass is 350 g/mol. The van der Waals surface area contributed by atoms with E-state index in [1.165, 1.54) is 22.5 Å². The molecule has 0 fully saturated rings. The van der Waals surface area contributed by atoms with Gasteiger partial charge in [0, 0.05) is 23.3 Å². The number of thioether (sulfide) groups is 1. The highest BCUT2D eigenvalue weighted by atomic mass is 32.2. The summed E-state index contributed by atoms with van der Waals surface area (Å²) in [5, 5.41) is 4.40. The molecule has 128 valence electrons. The van der Waals surface area contributed by atoms with Crippen molar-refractivity contribution in [2.24, 2.45) is 4.99 Å². The third-order valence-corrected chi connectivity index (χ3v) is 5.45. The molecule has 0 unspecified atom stereocenters. The van der Waals surface area contributed by atoms with Gasteiger partial charge in [0.25, 0.3) is 0 Å². The Bertz CT molecular complexity index is 925. The average molecular weight is 350 g/mol. The molecule has 0 bridgehead atoms. The number of amidine groups is 1. The maximum atomic E-state index is 4.81. The molecular formula is C20H22N4S. The number of nitrogens with zero attached hydrogens (tertiary/aromatic N) is 3. The van der Waals surface area contributed by atoms with Gasteiger partial charge in [0.15, 0.2) is 5.17 Å². The largest absolute Gasteiger partial charge is 0.335 e. The molecule has 1 N–H and O–H groups in total. The minimum atomic E-state index is 0.920. The van der Waals surface area contributed by atoms with Crippen molar-refractivity contribution in [2.45, 2.75) is 26.7 Å². The van der Waals surface area contributed by atoms with E-state index in [1.54, 1.807) is 11.8 Å². The molecule has 5 heteroatoms. The summed E-state index contributed by atoms with van der Waals surface area (Å²) in [5.41, 5.74) is 7.16. The van der Waals surface area contributed by atoms with Crippen molar-refractivity contribution in [3.05, 3.63) is 65.1 Å². The number of hydrogen-bond acceptors (Lipinski definition) is 4. The van der Waals surface area contributed by atoms with E-state index in [0.29, 0.717) is 0 Å². The van der Waals surface area contributed by atoms with Gasteiger partial charge in [-0.05, 0) is 62.1 Å². The number of hydrogen-bond donors (Lipinski definition) is 1. The van der Waals surface area contributed by atoms with Crippen molar-refractivity contribution in [1.82, 2.24) is 9.38 Å². The number of rotatable bonds is 4. The first-order chi connectivity index (χ1) is 12.2. The summed E-state index contributed by atoms with van der Waals surface area (Å²) in [6, 6.07) is 12.9. The van der Waals surface area contributed by atoms with Gasteiger partial charge in [-0.3, -0.25) is 4.99 Å². The van der Waals surface area contributed by atoms with Crippen LogP contribution >= 0.6 is 11.8 Å². The SMILES string of the molecule is Cc1ccn2c(C)c(CCc3ccc(NC4=NCCS4)cc3)nc2c1. The summed E-state index contributed by atoms with van der Waals surface area (Å²) in [5.74, 6) is 1.08. The number of aromatic nitrogens is 2. The molecule has 0 atom stereocenters. The molecule has 1 aliphatic heterocycles. The van der Waals surface area contributed by atoms with E-state index in [9.17, 15) is 0 Å². The fraction of sp³-hybridized carbons (Fsp3) is 0.300. The topological polar surface area (TPSA) is 41.7 Å². The van der Waals surface area contributed by atoms with E-state index in [2.05, 4.69) is 71.2 Å². The van der Waals surface area contributed by atoms with Crippen LogP contribution in [-0.4, -0.2) is 26.8 Å². The number of imidazole rings is 1. The third kappa shape index (κ3) is 3.56. The van der Waals surface area contributed by atoms with Gasteiger partial charge in [0.05, 0.1) is 12.2 Å². The first kappa shape index (κ1) is 16.2. The summed E-state index contributed by atoms with van der Waals surface area (Å²) >= 11 is 1.78. The first-order valence-corrected chi connectivity index (χ1v) is 9.65. The second kappa shape index (κ2) is 6.92. The van der Waals surface area contributed by atoms with E-state index in [-0.39, 0.29) is 0 Å². The molecule has 0 spiro atoms. The van der Waals surface area contributed by atoms with E-state index in [4.69, 9.17) is 4.98 Å². The van der Waals surface area contributed by atoms with E-state index in [1.807, 2.05) is 0 Å². The smallest absolute Gasteiger partial charge is 0.161 e. The highest BCUT2D eigenvalue weighted by Crippen LogP contribution is 2.18. The Morgan fingerprint density at radius 2 is 1.96 bits per heavy atom. The molecule has 4 rings (SSSR count). The van der Waals surface area contributed by atoms with Crippen molar-refractivity contribution in [3.63, 3.8) is 0 Å². The lowest BCUT2D eigenvalue weighted by molar-refractivity contribution is 0.911. The van der Waals surface area contributed by atoms with Crippen LogP contribution < -0.4 is 5.32 Å². The number of nitrogens with one attached hydrogen (secondary N) is 1. The molecule has 0 radical (unpaired) electrons. The van der Waals surface area contributed by atoms with Gasteiger partial charge in [-0.25, -0.2) is 4.98 Å². The number of benzene rings is 1. The predicted molar refractivity (Wildman–Crippen MR) is 107 cm³/mol. The highest BCUT2D eigenvalue weighted by Gasteiger charge is 2.09. The van der Waals surface area contributed by atoms with Gasteiger partial charge in [-0.2, -0.15) is 0 Å². The van der Waals surface area contributed by atoms with Gasteiger partial charge < -0.3 is 9.72 Å². The molecule has 2 aromatic heterocycles. The lowest BCUT2D eigenvalue weighted by Crippen LogP contribution is -2.04. The number of pyridine rings is 1. The summed E-state index contributed by atoms with van der Waals surface area (Å²) < 4.78 is 2.18. The van der Waals surface area contributed by atoms with Gasteiger partial charge in [0.2, 0.25) is 0 Å². The number of aryl methyl sites for hydroxylation is 4. The molecule has 0 aliphatic carbocycles. The second-order valence-corrected chi connectivity index (χ2v) is 7.52. The fourth-order valence-corrected chi connectivity index (χ4v) is 3.85. The Kier molecular flexibility index (Phi) is 4.49. The van der Waals surface area contributed by atoms with Crippen LogP contribution in [0.2, 0.25) is 0 Å². The zero-order valence-electron chi connectivity index (χ0n) is 14.6. The molecule has 3 aromatic rings. The summed E-state index contributed by atoms with van der Waals surface area (Å²) in [7, 11) is 0. The summed E-state index contributed by atoms with van der Waals surface area (Å²) in [6.45, 7) is 5.18. The van der Waals surface area contributed by atoms with Crippen LogP contribution in [0.25, 0.3) is 5.65 Å². The number of fused-ring (bicyclic) bond motifs is 1. The average Bonchev–Trinajstić information content (AvgIpc) is 3.22. The standard InChI is InChI=1S/C20H22N4S/c1-14-9-11-24-15(2)18(23-19(24)13-14)8-5-16-3-6-17(7-4-16)22-20-21-10-12-25-20/h3-4,6-7,9,11,13H,5,8,10,12H2,1-2H3,(H,21,22). The van der Waals surface area contributed by atoms with Gasteiger partial charge >= 0.3 is 0 Å². The van der Waals surface area contributed by atoms with Crippen molar-refractivity contribution < 1.29 is 0 Å². The Morgan fingerprint density at radius 3 is 2.72 bits per heavy atom. The minimum Gasteiger partial charge on any atom is -0.335 e. The van der Waals surface area contributed by atoms with Crippen LogP contribution in [0.1, 0.15) is 22.5 Å². The quantitative estimate of drug-likeness (QED) is 0.765. The molecule has 1 aliphatic rings. The molecule has 0 saturated carbocycles. The van der Waals surface area contributed by atoms with Crippen molar-refractivity contribution in [1.29, 1.82) is 0 Å². The Morgan fingerprint density at radius 1 is 1.12 bits per heavy atom. The molecule has 3 heterocycles. The lowest BCUT2D eigenvalue weighted by atomic mass is 10.1. The van der Waals surface area contributed by atoms with Gasteiger partial charge in [-0.1, -0.05) is 23.9 Å². The van der Waals surface area contributed by atoms with Crippen LogP contribution in [0, 0.1) is 13.8 Å². The van der Waals surface area contributed by atoms with Crippen molar-refractivity contribution in [2.75, 3.05) is 17.6 Å². The maximum Gasteiger partial charge on any atom is 0.161 e. The maximum absolute atomic E-state index is 4.81. The van der Waals surface area contributed by atoms with Crippen LogP contribution in [0.3, 0.4) is 0 Å². The van der Waals surface area contributed by atoms with Crippen molar-refractivity contribution >= 4 is 28.3 Å². The Labute approximate surface area is 152 Å². The summed E-state index contributed by atoms with van der Waals surface area (Å²) in [4.78, 5) is 9.23. The van der Waals surface area contributed by atoms with Crippen LogP contribution in [0.5, 0.6) is 0 Å². The summed E-state index contributed by atoms with van der Waals surface area (Å²) in [6.07, 6.45) is 4.07. The van der Waals surface area contributed by atoms with Crippen LogP contribution in [0.4, 0.5) is 5.69 Å². The van der Waals surface area contributed by atoms with Gasteiger partial charge in [-0.15, -0.1) is 0 Å². The zero-order valence-corrected chi connectivity index (χ0v) is 15.4. The Hall–Kier alpha value is -2.27. The molecule has 25 heavy (non-hydrogen) atoms. The molecule has 1 aromatic carbocycles. The highest BCUT2D eigenvalue weighted by molar-refractivity contribution is 8.14. The Balaban J connectivity index is 1.43. The normalized spacial score (nSPS) is 14.1.